The molecule has 5 heteroatoms. The fourth-order valence-electron chi connectivity index (χ4n) is 0.613. The number of aromatic nitrogens is 2. The largest absolute Gasteiger partial charge is 0.487 e. The lowest BCUT2D eigenvalue weighted by Gasteiger charge is -1.90. The minimum atomic E-state index is 0. The lowest BCUT2D eigenvalue weighted by molar-refractivity contribution is -0.767. The Labute approximate surface area is 64.7 Å². The molecule has 0 atom stereocenters. The van der Waals surface area contributed by atoms with Gasteiger partial charge in [-0.3, -0.25) is 10.7 Å². The summed E-state index contributed by atoms with van der Waals surface area (Å²) in [7, 11) is 0. The van der Waals surface area contributed by atoms with E-state index in [1.54, 1.807) is 10.9 Å². The SMILES string of the molecule is CCC[n+]1cc(=N)o[n-]1.Cl. The summed E-state index contributed by atoms with van der Waals surface area (Å²) in [5.74, 6) is 0. The summed E-state index contributed by atoms with van der Waals surface area (Å²) in [6.07, 6.45) is 2.57. The standard InChI is InChI=1S/C5H9N3O.ClH/c1-2-3-8-4-5(6)9-7-8;/h4,6H,2-3H2,1H3;1H. The second-order valence-corrected chi connectivity index (χ2v) is 1.83. The molecule has 0 saturated heterocycles. The number of aryl methyl sites for hydroxylation is 1. The smallest absolute Gasteiger partial charge is 0.264 e. The zero-order chi connectivity index (χ0) is 6.69. The van der Waals surface area contributed by atoms with Crippen molar-refractivity contribution in [2.75, 3.05) is 0 Å². The first-order valence-electron chi connectivity index (χ1n) is 2.91. The lowest BCUT2D eigenvalue weighted by Crippen LogP contribution is -2.36. The van der Waals surface area contributed by atoms with Gasteiger partial charge < -0.3 is 4.52 Å². The Hall–Kier alpha value is -0.770. The first-order chi connectivity index (χ1) is 4.33. The van der Waals surface area contributed by atoms with Crippen LogP contribution in [0.4, 0.5) is 0 Å². The molecule has 0 unspecified atom stereocenters. The molecule has 58 valence electrons. The summed E-state index contributed by atoms with van der Waals surface area (Å²) >= 11 is 0. The van der Waals surface area contributed by atoms with Crippen LogP contribution in [0.3, 0.4) is 0 Å². The maximum atomic E-state index is 6.94. The summed E-state index contributed by atoms with van der Waals surface area (Å²) < 4.78 is 6.11. The van der Waals surface area contributed by atoms with Gasteiger partial charge in [-0.1, -0.05) is 6.92 Å². The normalized spacial score (nSPS) is 8.90. The topological polar surface area (TPSA) is 55.0 Å². The van der Waals surface area contributed by atoms with E-state index in [0.717, 1.165) is 13.0 Å². The lowest BCUT2D eigenvalue weighted by atomic mass is 10.5. The molecule has 0 fully saturated rings. The van der Waals surface area contributed by atoms with Gasteiger partial charge in [0.05, 0.1) is 0 Å². The van der Waals surface area contributed by atoms with E-state index in [0.29, 0.717) is 0 Å². The molecule has 1 aromatic rings. The second-order valence-electron chi connectivity index (χ2n) is 1.83. The van der Waals surface area contributed by atoms with Crippen LogP contribution in [0.25, 0.3) is 0 Å². The molecule has 0 saturated carbocycles. The van der Waals surface area contributed by atoms with Gasteiger partial charge >= 0.3 is 0 Å². The molecule has 0 aromatic carbocycles. The minimum Gasteiger partial charge on any atom is -0.487 e. The van der Waals surface area contributed by atoms with Gasteiger partial charge in [0.15, 0.2) is 0 Å². The Morgan fingerprint density at radius 2 is 2.50 bits per heavy atom. The summed E-state index contributed by atoms with van der Waals surface area (Å²) in [6.45, 7) is 2.87. The van der Waals surface area contributed by atoms with E-state index in [1.807, 2.05) is 6.92 Å². The van der Waals surface area contributed by atoms with Crippen molar-refractivity contribution < 1.29 is 9.20 Å². The number of nitrogens with one attached hydrogen (secondary N) is 1. The van der Waals surface area contributed by atoms with Gasteiger partial charge in [0.25, 0.3) is 5.55 Å². The van der Waals surface area contributed by atoms with Gasteiger partial charge in [-0.25, -0.2) is 4.68 Å². The summed E-state index contributed by atoms with van der Waals surface area (Å²) in [6, 6.07) is 0. The Kier molecular flexibility index (Phi) is 3.79. The molecule has 0 spiro atoms. The van der Waals surface area contributed by atoms with Crippen molar-refractivity contribution in [3.8, 4) is 0 Å². The van der Waals surface area contributed by atoms with Crippen molar-refractivity contribution in [3.05, 3.63) is 11.8 Å². The molecule has 0 aliphatic rings. The maximum absolute atomic E-state index is 6.94. The van der Waals surface area contributed by atoms with Gasteiger partial charge in [-0.05, 0) is 0 Å². The molecule has 0 bridgehead atoms. The summed E-state index contributed by atoms with van der Waals surface area (Å²) in [5.41, 5.74) is 0.114. The number of nitrogens with zero attached hydrogens (tertiary/aromatic N) is 2. The highest BCUT2D eigenvalue weighted by Crippen LogP contribution is 1.69. The van der Waals surface area contributed by atoms with E-state index in [-0.39, 0.29) is 18.0 Å². The van der Waals surface area contributed by atoms with Crippen molar-refractivity contribution in [2.45, 2.75) is 19.9 Å². The van der Waals surface area contributed by atoms with E-state index < -0.39 is 0 Å². The van der Waals surface area contributed by atoms with Crippen LogP contribution in [0.15, 0.2) is 10.7 Å². The molecule has 0 aliphatic carbocycles. The predicted octanol–water partition coefficient (Wildman–Crippen LogP) is -0.164. The monoisotopic (exact) mass is 163 g/mol. The van der Waals surface area contributed by atoms with Gasteiger partial charge in [0.1, 0.15) is 6.54 Å². The van der Waals surface area contributed by atoms with Gasteiger partial charge in [-0.15, -0.1) is 12.4 Å². The molecule has 0 amide bonds. The fraction of sp³-hybridized carbons (Fsp3) is 0.600. The van der Waals surface area contributed by atoms with Crippen LogP contribution in [-0.2, 0) is 6.54 Å². The highest BCUT2D eigenvalue weighted by molar-refractivity contribution is 5.85. The highest BCUT2D eigenvalue weighted by Gasteiger charge is 1.90. The number of hydrogen-bond acceptors (Lipinski definition) is 2. The van der Waals surface area contributed by atoms with Crippen LogP contribution in [0.5, 0.6) is 0 Å². The number of halogens is 1. The van der Waals surface area contributed by atoms with Crippen LogP contribution < -0.4 is 15.5 Å². The van der Waals surface area contributed by atoms with Crippen molar-refractivity contribution in [1.29, 1.82) is 5.41 Å². The molecule has 10 heavy (non-hydrogen) atoms. The second kappa shape index (κ2) is 4.11. The first-order valence-corrected chi connectivity index (χ1v) is 2.91. The van der Waals surface area contributed by atoms with Crippen LogP contribution >= 0.6 is 12.4 Å². The Balaban J connectivity index is 0.000000810. The average Bonchev–Trinajstić information content (AvgIpc) is 2.17. The van der Waals surface area contributed by atoms with Crippen LogP contribution in [0.1, 0.15) is 13.3 Å². The van der Waals surface area contributed by atoms with E-state index in [4.69, 9.17) is 5.41 Å². The highest BCUT2D eigenvalue weighted by atomic mass is 35.5. The maximum Gasteiger partial charge on any atom is 0.264 e. The Morgan fingerprint density at radius 1 is 1.80 bits per heavy atom. The van der Waals surface area contributed by atoms with E-state index in [1.165, 1.54) is 0 Å². The minimum absolute atomic E-state index is 0. The van der Waals surface area contributed by atoms with Crippen molar-refractivity contribution in [3.63, 3.8) is 0 Å². The van der Waals surface area contributed by atoms with Crippen LogP contribution in [-0.4, -0.2) is 0 Å². The van der Waals surface area contributed by atoms with Crippen molar-refractivity contribution in [1.82, 2.24) is 5.27 Å². The van der Waals surface area contributed by atoms with Crippen molar-refractivity contribution in [2.24, 2.45) is 0 Å². The third-order valence-electron chi connectivity index (χ3n) is 0.963. The predicted molar refractivity (Wildman–Crippen MR) is 35.6 cm³/mol. The molecular weight excluding hydrogens is 154 g/mol. The first kappa shape index (κ1) is 9.23. The molecule has 1 rings (SSSR count). The molecule has 1 heterocycles. The fourth-order valence-corrected chi connectivity index (χ4v) is 0.613. The van der Waals surface area contributed by atoms with Crippen LogP contribution in [0, 0.1) is 5.41 Å². The van der Waals surface area contributed by atoms with Gasteiger partial charge in [0.2, 0.25) is 6.20 Å². The molecular formula is C5H10ClN3O. The van der Waals surface area contributed by atoms with E-state index >= 15 is 0 Å². The average molecular weight is 164 g/mol. The zero-order valence-corrected chi connectivity index (χ0v) is 6.52. The summed E-state index contributed by atoms with van der Waals surface area (Å²) in [4.78, 5) is 0. The molecule has 0 aliphatic heterocycles. The van der Waals surface area contributed by atoms with Crippen molar-refractivity contribution >= 4 is 12.4 Å². The number of hydrogen-bond donors (Lipinski definition) is 1. The zero-order valence-electron chi connectivity index (χ0n) is 5.70. The summed E-state index contributed by atoms with van der Waals surface area (Å²) in [5, 5.41) is 10.5. The number of rotatable bonds is 2. The molecule has 0 radical (unpaired) electrons. The van der Waals surface area contributed by atoms with E-state index in [9.17, 15) is 0 Å². The molecule has 4 nitrogen and oxygen atoms in total. The van der Waals surface area contributed by atoms with Gasteiger partial charge in [0, 0.05) is 6.42 Å². The van der Waals surface area contributed by atoms with Crippen LogP contribution in [0.2, 0.25) is 0 Å². The Bertz CT molecular complexity index is 229. The third kappa shape index (κ3) is 2.23. The van der Waals surface area contributed by atoms with Gasteiger partial charge in [-0.2, -0.15) is 0 Å². The quantitative estimate of drug-likeness (QED) is 0.616. The molecule has 1 aromatic heterocycles. The Morgan fingerprint density at radius 3 is 2.90 bits per heavy atom. The molecule has 1 N–H and O–H groups in total. The third-order valence-corrected chi connectivity index (χ3v) is 0.963. The van der Waals surface area contributed by atoms with E-state index in [2.05, 4.69) is 9.79 Å².